The molecule has 28 valence electrons. The van der Waals surface area contributed by atoms with Crippen LogP contribution in [-0.2, 0) is 38.1 Å². The number of rotatable bonds is 0. The minimum absolute atomic E-state index is 0. The zero-order chi connectivity index (χ0) is 0. The smallest absolute Gasteiger partial charge is 4.00 e. The van der Waals surface area contributed by atoms with Crippen LogP contribution in [0.5, 0.6) is 0 Å². The molecule has 0 saturated carbocycles. The van der Waals surface area contributed by atoms with Crippen molar-refractivity contribution in [3.05, 3.63) is 0 Å². The second kappa shape index (κ2) is 38.0. The van der Waals surface area contributed by atoms with Crippen molar-refractivity contribution in [1.82, 2.24) is 0 Å². The van der Waals surface area contributed by atoms with E-state index in [1.54, 1.807) is 0 Å². The first kappa shape index (κ1) is 54.2. The van der Waals surface area contributed by atoms with Gasteiger partial charge in [-0.3, -0.25) is 0 Å². The van der Waals surface area contributed by atoms with E-state index in [2.05, 4.69) is 0 Å². The molecule has 3 nitrogen and oxygen atoms in total. The van der Waals surface area contributed by atoms with Gasteiger partial charge in [0, 0.05) is 0 Å². The Bertz CT molecular complexity index is 10.8. The van der Waals surface area contributed by atoms with Crippen molar-refractivity contribution >= 4 is 94.4 Å². The number of hydrogen-bond acceptors (Lipinski definition) is 0. The zero-order valence-electron chi connectivity index (χ0n) is 2.43. The third-order valence-electron chi connectivity index (χ3n) is 0. The molecule has 0 aliphatic heterocycles. The van der Waals surface area contributed by atoms with Gasteiger partial charge < -0.3 is 16.4 Å². The van der Waals surface area contributed by atoms with Crippen LogP contribution >= 0.6 is 0 Å². The molecule has 0 N–H and O–H groups in total. The average molecular weight is 323 g/mol. The molecule has 0 aromatic carbocycles. The molecule has 0 atom stereocenters. The van der Waals surface area contributed by atoms with Crippen LogP contribution in [0.25, 0.3) is 0 Å². The summed E-state index contributed by atoms with van der Waals surface area (Å²) < 4.78 is 0. The SMILES string of the molecule is [Ba+2].[O-2].[O-2].[O-2].[SrH2].[Ti+4]. The Kier molecular flexibility index (Phi) is 344. The van der Waals surface area contributed by atoms with Crippen LogP contribution in [0.3, 0.4) is 0 Å². The fraction of sp³-hybridized carbons (Fsp3) is 0. The summed E-state index contributed by atoms with van der Waals surface area (Å²) in [7, 11) is 0. The molecule has 0 aliphatic rings. The predicted molar refractivity (Wildman–Crippen MR) is 16.4 cm³/mol. The molecule has 6 heavy (non-hydrogen) atoms. The predicted octanol–water partition coefficient (Wildman–Crippen LogP) is -1.66. The first-order valence-electron chi connectivity index (χ1n) is 0. The minimum Gasteiger partial charge on any atom is 4.00 e. The van der Waals surface area contributed by atoms with Gasteiger partial charge in [0.2, 0.25) is 0 Å². The standard InChI is InChI=1S/Ba.3O.Sr.Ti.2H/q+2;3*-2;;+4;;. The van der Waals surface area contributed by atoms with Gasteiger partial charge in [-0.05, 0) is 0 Å². The first-order valence-corrected chi connectivity index (χ1v) is 0. The Balaban J connectivity index is 0. The van der Waals surface area contributed by atoms with Crippen molar-refractivity contribution in [3.63, 3.8) is 0 Å². The van der Waals surface area contributed by atoms with Crippen LogP contribution in [-0.4, -0.2) is 94.4 Å². The van der Waals surface area contributed by atoms with Crippen molar-refractivity contribution in [2.45, 2.75) is 0 Å². The molecule has 0 rings (SSSR count). The molecular weight excluding hydrogens is 321 g/mol. The average Bonchev–Trinajstić information content (AvgIpc) is 0. The van der Waals surface area contributed by atoms with Crippen LogP contribution < -0.4 is 0 Å². The van der Waals surface area contributed by atoms with E-state index < -0.39 is 0 Å². The Morgan fingerprint density at radius 2 is 0.667 bits per heavy atom. The van der Waals surface area contributed by atoms with Gasteiger partial charge in [0.15, 0.2) is 0 Å². The van der Waals surface area contributed by atoms with E-state index in [1.165, 1.54) is 0 Å². The molecule has 0 spiro atoms. The molecule has 0 fully saturated rings. The van der Waals surface area contributed by atoms with Crippen LogP contribution in [0.1, 0.15) is 0 Å². The van der Waals surface area contributed by atoms with Crippen LogP contribution in [0.15, 0.2) is 0 Å². The Morgan fingerprint density at radius 3 is 0.667 bits per heavy atom. The Hall–Kier alpha value is 3.65. The van der Waals surface area contributed by atoms with Crippen molar-refractivity contribution in [2.75, 3.05) is 0 Å². The molecular formula is H2BaO3SrTi. The van der Waals surface area contributed by atoms with Gasteiger partial charge in [-0.25, -0.2) is 0 Å². The summed E-state index contributed by atoms with van der Waals surface area (Å²) >= 11 is 0. The molecule has 6 heteroatoms. The third-order valence-corrected chi connectivity index (χ3v) is 0. The zero-order valence-corrected chi connectivity index (χ0v) is 8.43. The van der Waals surface area contributed by atoms with Crippen LogP contribution in [0, 0.1) is 0 Å². The van der Waals surface area contributed by atoms with E-state index in [0.29, 0.717) is 0 Å². The first-order chi connectivity index (χ1) is 0. The second-order valence-corrected chi connectivity index (χ2v) is 0. The van der Waals surface area contributed by atoms with Gasteiger partial charge >= 0.3 is 116 Å². The van der Waals surface area contributed by atoms with Crippen molar-refractivity contribution < 1.29 is 38.1 Å². The van der Waals surface area contributed by atoms with Crippen LogP contribution in [0.2, 0.25) is 0 Å². The van der Waals surface area contributed by atoms with Gasteiger partial charge in [0.05, 0.1) is 0 Å². The summed E-state index contributed by atoms with van der Waals surface area (Å²) in [6.07, 6.45) is 0. The maximum Gasteiger partial charge on any atom is 4.00 e. The molecule has 0 bridgehead atoms. The van der Waals surface area contributed by atoms with E-state index in [-0.39, 0.29) is 133 Å². The van der Waals surface area contributed by atoms with Gasteiger partial charge in [-0.2, -0.15) is 0 Å². The van der Waals surface area contributed by atoms with Crippen molar-refractivity contribution in [3.8, 4) is 0 Å². The molecule has 0 heterocycles. The molecule has 0 aromatic rings. The molecule has 0 aromatic heterocycles. The quantitative estimate of drug-likeness (QED) is 0.478. The van der Waals surface area contributed by atoms with Crippen LogP contribution in [0.4, 0.5) is 0 Å². The third kappa shape index (κ3) is 25.4. The molecule has 0 saturated heterocycles. The maximum atomic E-state index is 0. The van der Waals surface area contributed by atoms with Crippen molar-refractivity contribution in [1.29, 1.82) is 0 Å². The summed E-state index contributed by atoms with van der Waals surface area (Å²) in [6.45, 7) is 0. The van der Waals surface area contributed by atoms with E-state index in [4.69, 9.17) is 0 Å². The van der Waals surface area contributed by atoms with E-state index in [0.717, 1.165) is 0 Å². The van der Waals surface area contributed by atoms with E-state index >= 15 is 0 Å². The molecule has 0 radical (unpaired) electrons. The normalized spacial score (nSPS) is 0. The van der Waals surface area contributed by atoms with E-state index in [9.17, 15) is 0 Å². The van der Waals surface area contributed by atoms with Gasteiger partial charge in [-0.1, -0.05) is 0 Å². The summed E-state index contributed by atoms with van der Waals surface area (Å²) in [4.78, 5) is 0. The second-order valence-electron chi connectivity index (χ2n) is 0. The fourth-order valence-electron chi connectivity index (χ4n) is 0. The maximum absolute atomic E-state index is 0. The molecule has 0 aliphatic carbocycles. The van der Waals surface area contributed by atoms with Gasteiger partial charge in [0.1, 0.15) is 0 Å². The Morgan fingerprint density at radius 1 is 0.667 bits per heavy atom. The summed E-state index contributed by atoms with van der Waals surface area (Å²) in [5.74, 6) is 0. The van der Waals surface area contributed by atoms with Crippen molar-refractivity contribution in [2.24, 2.45) is 0 Å². The topological polar surface area (TPSA) is 85.5 Å². The Labute approximate surface area is 129 Å². The van der Waals surface area contributed by atoms with E-state index in [1.807, 2.05) is 0 Å². The minimum atomic E-state index is 0. The summed E-state index contributed by atoms with van der Waals surface area (Å²) in [5, 5.41) is 0. The largest absolute Gasteiger partial charge is 4.00 e. The molecule has 0 unspecified atom stereocenters. The monoisotopic (exact) mass is 324 g/mol. The summed E-state index contributed by atoms with van der Waals surface area (Å²) in [5.41, 5.74) is 0. The fourth-order valence-corrected chi connectivity index (χ4v) is 0. The van der Waals surface area contributed by atoms with Gasteiger partial charge in [0.25, 0.3) is 0 Å². The molecule has 0 amide bonds. The summed E-state index contributed by atoms with van der Waals surface area (Å²) in [6, 6.07) is 0. The van der Waals surface area contributed by atoms with Gasteiger partial charge in [-0.15, -0.1) is 0 Å². The number of hydrogen-bond donors (Lipinski definition) is 0.